The summed E-state index contributed by atoms with van der Waals surface area (Å²) in [5.74, 6) is -0.443. The van der Waals surface area contributed by atoms with Gasteiger partial charge in [0.15, 0.2) is 5.88 Å². The summed E-state index contributed by atoms with van der Waals surface area (Å²) < 4.78 is 4.84. The average molecular weight is 518 g/mol. The summed E-state index contributed by atoms with van der Waals surface area (Å²) in [5, 5.41) is 11.7. The number of hydrogen-bond donors (Lipinski definition) is 2. The first-order valence-corrected chi connectivity index (χ1v) is 12.9. The van der Waals surface area contributed by atoms with E-state index in [0.717, 1.165) is 36.1 Å². The third-order valence-electron chi connectivity index (χ3n) is 6.74. The summed E-state index contributed by atoms with van der Waals surface area (Å²) in [6.45, 7) is 1.81. The molecule has 0 aliphatic heterocycles. The van der Waals surface area contributed by atoms with Crippen LogP contribution >= 0.6 is 0 Å². The number of H-pyrrole nitrogens is 1. The maximum Gasteiger partial charge on any atom is 0.337 e. The molecule has 6 heteroatoms. The Kier molecular flexibility index (Phi) is 7.85. The first-order chi connectivity index (χ1) is 19.0. The van der Waals surface area contributed by atoms with Crippen LogP contribution in [0.2, 0.25) is 0 Å². The molecule has 0 aliphatic carbocycles. The van der Waals surface area contributed by atoms with Gasteiger partial charge in [0, 0.05) is 29.6 Å². The maximum atomic E-state index is 12.0. The minimum Gasteiger partial charge on any atom is -0.494 e. The Morgan fingerprint density at radius 1 is 0.872 bits per heavy atom. The van der Waals surface area contributed by atoms with E-state index in [2.05, 4.69) is 53.3 Å². The van der Waals surface area contributed by atoms with Crippen LogP contribution in [0.1, 0.15) is 32.6 Å². The second kappa shape index (κ2) is 11.8. The lowest BCUT2D eigenvalue weighted by Gasteiger charge is -2.17. The number of aliphatic imine (C=N–C) groups is 1. The van der Waals surface area contributed by atoms with Crippen molar-refractivity contribution in [2.45, 2.75) is 13.0 Å². The molecule has 1 aromatic heterocycles. The first kappa shape index (κ1) is 25.9. The van der Waals surface area contributed by atoms with Gasteiger partial charge in [-0.1, -0.05) is 78.9 Å². The molecule has 39 heavy (non-hydrogen) atoms. The van der Waals surface area contributed by atoms with Crippen LogP contribution in [0.25, 0.3) is 10.9 Å². The van der Waals surface area contributed by atoms with E-state index in [1.807, 2.05) is 48.5 Å². The summed E-state index contributed by atoms with van der Waals surface area (Å²) >= 11 is 0. The summed E-state index contributed by atoms with van der Waals surface area (Å²) in [4.78, 5) is 22.3. The van der Waals surface area contributed by atoms with Gasteiger partial charge in [0.2, 0.25) is 0 Å². The van der Waals surface area contributed by atoms with Crippen LogP contribution in [0.4, 0.5) is 5.69 Å². The van der Waals surface area contributed by atoms with Crippen molar-refractivity contribution in [2.75, 3.05) is 20.7 Å². The van der Waals surface area contributed by atoms with Gasteiger partial charge in [0.1, 0.15) is 0 Å². The number of carbonyl (C=O) groups excluding carboxylic acids is 1. The predicted octanol–water partition coefficient (Wildman–Crippen LogP) is 6.50. The number of aromatic hydroxyl groups is 1. The Hall–Kier alpha value is -4.68. The van der Waals surface area contributed by atoms with E-state index in [-0.39, 0.29) is 5.88 Å². The van der Waals surface area contributed by atoms with Gasteiger partial charge in [0.05, 0.1) is 29.6 Å². The van der Waals surface area contributed by atoms with Crippen molar-refractivity contribution >= 4 is 28.3 Å². The van der Waals surface area contributed by atoms with E-state index in [1.54, 1.807) is 18.2 Å². The number of ether oxygens (including phenoxy) is 1. The molecule has 5 rings (SSSR count). The van der Waals surface area contributed by atoms with Crippen LogP contribution in [0.3, 0.4) is 0 Å². The number of carbonyl (C=O) groups is 1. The number of esters is 1. The zero-order valence-corrected chi connectivity index (χ0v) is 22.1. The maximum absolute atomic E-state index is 12.0. The van der Waals surface area contributed by atoms with Crippen molar-refractivity contribution in [3.8, 4) is 5.88 Å². The molecule has 0 saturated carbocycles. The Balaban J connectivity index is 1.42. The molecule has 196 valence electrons. The van der Waals surface area contributed by atoms with Crippen molar-refractivity contribution in [3.63, 3.8) is 0 Å². The van der Waals surface area contributed by atoms with Crippen LogP contribution in [-0.4, -0.2) is 47.4 Å². The van der Waals surface area contributed by atoms with Crippen LogP contribution in [0.15, 0.2) is 108 Å². The standard InChI is InChI=1S/C33H31N3O3/c1-36(20-19-23-9-5-3-6-10-23)22-24-13-16-27(17-14-24)34-31(25-11-7-4-8-12-25)30-28-18-15-26(33(38)39-2)21-29(28)35-32(30)37/h3-18,21,35,37H,19-20,22H2,1-2H3. The highest BCUT2D eigenvalue weighted by atomic mass is 16.5. The van der Waals surface area contributed by atoms with Gasteiger partial charge in [-0.05, 0) is 48.9 Å². The summed E-state index contributed by atoms with van der Waals surface area (Å²) in [6, 6.07) is 33.7. The lowest BCUT2D eigenvalue weighted by atomic mass is 10.00. The first-order valence-electron chi connectivity index (χ1n) is 12.9. The number of aromatic amines is 1. The number of likely N-dealkylation sites (N-methyl/N-ethyl adjacent to an activating group) is 1. The molecule has 0 fully saturated rings. The van der Waals surface area contributed by atoms with Crippen molar-refractivity contribution < 1.29 is 14.6 Å². The molecule has 0 atom stereocenters. The van der Waals surface area contributed by atoms with E-state index >= 15 is 0 Å². The Morgan fingerprint density at radius 3 is 2.26 bits per heavy atom. The molecular formula is C33H31N3O3. The fraction of sp³-hybridized carbons (Fsp3) is 0.152. The third kappa shape index (κ3) is 6.08. The lowest BCUT2D eigenvalue weighted by molar-refractivity contribution is 0.0601. The van der Waals surface area contributed by atoms with Gasteiger partial charge in [-0.25, -0.2) is 9.79 Å². The fourth-order valence-electron chi connectivity index (χ4n) is 4.69. The molecule has 0 bridgehead atoms. The van der Waals surface area contributed by atoms with Crippen LogP contribution in [0.5, 0.6) is 5.88 Å². The van der Waals surface area contributed by atoms with Crippen molar-refractivity contribution in [1.29, 1.82) is 0 Å². The molecule has 0 saturated heterocycles. The molecule has 1 heterocycles. The van der Waals surface area contributed by atoms with E-state index in [1.165, 1.54) is 18.2 Å². The van der Waals surface area contributed by atoms with E-state index in [4.69, 9.17) is 9.73 Å². The second-order valence-electron chi connectivity index (χ2n) is 9.57. The van der Waals surface area contributed by atoms with Crippen LogP contribution in [-0.2, 0) is 17.7 Å². The fourth-order valence-corrected chi connectivity index (χ4v) is 4.69. The Labute approximate surface area is 228 Å². The number of fused-ring (bicyclic) bond motifs is 1. The molecule has 4 aromatic carbocycles. The monoisotopic (exact) mass is 517 g/mol. The molecule has 0 unspecified atom stereocenters. The Bertz CT molecular complexity index is 1590. The highest BCUT2D eigenvalue weighted by Crippen LogP contribution is 2.32. The number of benzene rings is 4. The smallest absolute Gasteiger partial charge is 0.337 e. The lowest BCUT2D eigenvalue weighted by Crippen LogP contribution is -2.20. The second-order valence-corrected chi connectivity index (χ2v) is 9.57. The average Bonchev–Trinajstić information content (AvgIpc) is 3.30. The number of rotatable bonds is 9. The van der Waals surface area contributed by atoms with Crippen LogP contribution in [0, 0.1) is 0 Å². The van der Waals surface area contributed by atoms with Gasteiger partial charge in [0.25, 0.3) is 0 Å². The molecule has 0 aliphatic rings. The molecule has 0 amide bonds. The number of methoxy groups -OCH3 is 1. The summed E-state index contributed by atoms with van der Waals surface area (Å²) in [6.07, 6.45) is 1.01. The summed E-state index contributed by atoms with van der Waals surface area (Å²) in [5.41, 5.74) is 6.44. The third-order valence-corrected chi connectivity index (χ3v) is 6.74. The number of aromatic nitrogens is 1. The highest BCUT2D eigenvalue weighted by molar-refractivity contribution is 6.22. The quantitative estimate of drug-likeness (QED) is 0.173. The van der Waals surface area contributed by atoms with Gasteiger partial charge < -0.3 is 19.7 Å². The van der Waals surface area contributed by atoms with E-state index < -0.39 is 5.97 Å². The molecule has 6 nitrogen and oxygen atoms in total. The van der Waals surface area contributed by atoms with Gasteiger partial charge in [-0.2, -0.15) is 0 Å². The molecular weight excluding hydrogens is 486 g/mol. The molecule has 0 radical (unpaired) electrons. The summed E-state index contributed by atoms with van der Waals surface area (Å²) in [7, 11) is 3.48. The van der Waals surface area contributed by atoms with Crippen molar-refractivity contribution in [3.05, 3.63) is 131 Å². The largest absolute Gasteiger partial charge is 0.494 e. The zero-order chi connectivity index (χ0) is 27.2. The Morgan fingerprint density at radius 2 is 1.56 bits per heavy atom. The van der Waals surface area contributed by atoms with Gasteiger partial charge in [-0.3, -0.25) is 0 Å². The number of nitrogens with one attached hydrogen (secondary N) is 1. The van der Waals surface area contributed by atoms with Crippen molar-refractivity contribution in [2.24, 2.45) is 4.99 Å². The van der Waals surface area contributed by atoms with E-state index in [9.17, 15) is 9.90 Å². The van der Waals surface area contributed by atoms with Gasteiger partial charge in [-0.15, -0.1) is 0 Å². The minimum atomic E-state index is -0.435. The minimum absolute atomic E-state index is 0.00807. The topological polar surface area (TPSA) is 77.9 Å². The molecule has 2 N–H and O–H groups in total. The van der Waals surface area contributed by atoms with Crippen LogP contribution < -0.4 is 0 Å². The number of nitrogens with zero attached hydrogens (tertiary/aromatic N) is 2. The van der Waals surface area contributed by atoms with Crippen molar-refractivity contribution in [1.82, 2.24) is 9.88 Å². The predicted molar refractivity (Wildman–Crippen MR) is 156 cm³/mol. The van der Waals surface area contributed by atoms with Gasteiger partial charge >= 0.3 is 5.97 Å². The van der Waals surface area contributed by atoms with E-state index in [0.29, 0.717) is 22.4 Å². The zero-order valence-electron chi connectivity index (χ0n) is 22.1. The highest BCUT2D eigenvalue weighted by Gasteiger charge is 2.20. The number of hydrogen-bond acceptors (Lipinski definition) is 5. The molecule has 5 aromatic rings. The SMILES string of the molecule is COC(=O)c1ccc2c(C(=Nc3ccc(CN(C)CCc4ccccc4)cc3)c3ccccc3)c(O)[nH]c2c1. The normalized spacial score (nSPS) is 11.7. The molecule has 0 spiro atoms.